The van der Waals surface area contributed by atoms with Gasteiger partial charge < -0.3 is 108 Å². The number of aliphatic carboxylic acids is 1. The monoisotopic (exact) mass is 1370 g/mol. The van der Waals surface area contributed by atoms with Crippen molar-refractivity contribution >= 4 is 76.6 Å². The van der Waals surface area contributed by atoms with E-state index in [9.17, 15) is 64.5 Å². The summed E-state index contributed by atoms with van der Waals surface area (Å²) in [6, 6.07) is -0.445. The number of aliphatic hydroxyl groups excluding tert-OH is 3. The first-order valence-electron chi connectivity index (χ1n) is 30.0. The van der Waals surface area contributed by atoms with Crippen molar-refractivity contribution in [2.24, 2.45) is 17.4 Å². The molecule has 18 N–H and O–H groups in total. The Balaban J connectivity index is 1.29. The van der Waals surface area contributed by atoms with E-state index in [1.807, 2.05) is 0 Å². The fraction of sp³-hybridized carbons (Fsp3) is 0.391. The quantitative estimate of drug-likeness (QED) is 0.0950. The highest BCUT2D eigenvalue weighted by molar-refractivity contribution is 6.32. The number of carbonyl (C=O) groups excluding carboxylic acids is 8. The zero-order chi connectivity index (χ0) is 70.3. The van der Waals surface area contributed by atoms with Gasteiger partial charge in [-0.2, -0.15) is 0 Å². The average molecular weight is 1370 g/mol. The van der Waals surface area contributed by atoms with Gasteiger partial charge in [-0.15, -0.1) is 0 Å². The van der Waals surface area contributed by atoms with Gasteiger partial charge in [-0.3, -0.25) is 33.6 Å². The van der Waals surface area contributed by atoms with Crippen LogP contribution in [0.5, 0.6) is 46.0 Å². The fourth-order valence-corrected chi connectivity index (χ4v) is 11.8. The van der Waals surface area contributed by atoms with E-state index in [1.165, 1.54) is 38.1 Å². The highest BCUT2D eigenvalue weighted by Crippen LogP contribution is 2.49. The number of phenolic OH excluding ortho intramolecular Hbond substituents is 3. The van der Waals surface area contributed by atoms with Crippen molar-refractivity contribution in [1.82, 2.24) is 37.2 Å². The topological polar surface area (TPSA) is 478 Å². The van der Waals surface area contributed by atoms with E-state index in [-0.39, 0.29) is 62.6 Å². The molecule has 11 rings (SSSR count). The summed E-state index contributed by atoms with van der Waals surface area (Å²) in [5.74, 6) is -15.4. The molecule has 1 unspecified atom stereocenters. The number of aliphatic hydroxyl groups is 3. The predicted octanol–water partition coefficient (Wildman–Crippen LogP) is 3.59. The van der Waals surface area contributed by atoms with Crippen LogP contribution in [0.25, 0.3) is 11.1 Å². The SMILES string of the molecule is CC(C)C[C@H](NC(=O)OC(C)(C)C)C(=O)N[C@H]1C(=O)N[C@@H](CC(N)=O)C(=O)N[C@H]2C(=O)N[C@H]3C(=O)N[C@H](C(=O)N[C@H](C(=O)O)c4cc(O)cc(O)c4-c4cc3ccc4O)[C@H](O)c3ccc(c(Cl)c3)Oc3cc2cc(c3OC2C[C@](C)(N)[C@H](O)[C@H](C)O2)Oc2ccc(cc2Cl)[C@H]1O. The second kappa shape index (κ2) is 27.9. The Morgan fingerprint density at radius 3 is 1.88 bits per heavy atom. The van der Waals surface area contributed by atoms with Gasteiger partial charge in [-0.25, -0.2) is 9.59 Å². The Kier molecular flexibility index (Phi) is 20.6. The molecule has 1 saturated heterocycles. The summed E-state index contributed by atoms with van der Waals surface area (Å²) in [6.07, 6.45) is -10.2. The first-order valence-corrected chi connectivity index (χ1v) is 30.7. The van der Waals surface area contributed by atoms with Gasteiger partial charge >= 0.3 is 12.1 Å². The van der Waals surface area contributed by atoms with Gasteiger partial charge in [-0.05, 0) is 124 Å². The average Bonchev–Trinajstić information content (AvgIpc) is 0.778. The standard InChI is InChI=1S/C64H71Cl2N9O21/c1-24(2)14-35(70-62(91)96-63(4,5)6)55(83)74-49-51(80)27-9-12-39(33(65)16-27)93-41-18-29-19-42(53(41)95-44-23-64(7,68)54(82)25(3)92-44)94-40-13-10-28(17-34(40)66)52(81)50-60(88)73-48(61(89)90)32-20-30(76)21-38(78)45(32)31-15-26(8-11-37(31)77)46(57(85)75-50)72-58(86)47(29)71-56(84)36(22-43(67)79)69-59(49)87/h8-13,15-21,24-25,35-36,44,46-52,54,76-78,80-82H,14,22-23,68H2,1-7H3,(H2,67,79)(H,69,87)(H,70,91)(H,71,84)(H,72,86)(H,73,88)(H,74,83)(H,75,85)(H,89,90)/t25-,35-,36-,44?,46+,47+,48-,49+,50-,51+,52+,54+,64-/m0/s1. The van der Waals surface area contributed by atoms with E-state index >= 15 is 14.4 Å². The molecule has 5 aromatic rings. The van der Waals surface area contributed by atoms with Crippen molar-refractivity contribution in [3.05, 3.63) is 117 Å². The number of nitrogens with two attached hydrogens (primary N) is 2. The van der Waals surface area contributed by atoms with E-state index in [1.54, 1.807) is 34.6 Å². The number of ether oxygens (including phenoxy) is 5. The van der Waals surface area contributed by atoms with E-state index < -0.39 is 195 Å². The van der Waals surface area contributed by atoms with Gasteiger partial charge in [-0.1, -0.05) is 55.2 Å². The Hall–Kier alpha value is -9.69. The normalized spacial score (nSPS) is 25.6. The number of fused-ring (bicyclic) bond motifs is 15. The van der Waals surface area contributed by atoms with Gasteiger partial charge in [0.15, 0.2) is 17.5 Å². The highest BCUT2D eigenvalue weighted by Gasteiger charge is 2.46. The van der Waals surface area contributed by atoms with Gasteiger partial charge in [0.25, 0.3) is 0 Å². The molecule has 0 aliphatic carbocycles. The molecule has 11 bridgehead atoms. The molecule has 0 saturated carbocycles. The molecule has 1 fully saturated rings. The number of hydrogen-bond acceptors (Lipinski definition) is 21. The van der Waals surface area contributed by atoms with Crippen LogP contribution in [0.2, 0.25) is 10.0 Å². The lowest BCUT2D eigenvalue weighted by Crippen LogP contribution is -2.60. The molecular formula is C64H71Cl2N9O21. The number of amides is 8. The first kappa shape index (κ1) is 70.6. The Morgan fingerprint density at radius 2 is 1.30 bits per heavy atom. The molecule has 6 aliphatic heterocycles. The zero-order valence-electron chi connectivity index (χ0n) is 52.4. The lowest BCUT2D eigenvalue weighted by atomic mass is 9.86. The number of carbonyl (C=O) groups is 9. The summed E-state index contributed by atoms with van der Waals surface area (Å²) < 4.78 is 31.2. The minimum absolute atomic E-state index is 0.0503. The maximum Gasteiger partial charge on any atom is 0.408 e. The van der Waals surface area contributed by atoms with Crippen LogP contribution in [0.15, 0.2) is 78.9 Å². The number of phenols is 3. The second-order valence-electron chi connectivity index (χ2n) is 25.3. The van der Waals surface area contributed by atoms with Gasteiger partial charge in [0.05, 0.1) is 28.7 Å². The van der Waals surface area contributed by atoms with Crippen LogP contribution in [0.4, 0.5) is 4.79 Å². The molecule has 32 heteroatoms. The minimum atomic E-state index is -2.26. The van der Waals surface area contributed by atoms with Crippen molar-refractivity contribution < 1.29 is 103 Å². The van der Waals surface area contributed by atoms with E-state index in [2.05, 4.69) is 37.2 Å². The summed E-state index contributed by atoms with van der Waals surface area (Å²) >= 11 is 14.0. The van der Waals surface area contributed by atoms with Crippen LogP contribution >= 0.6 is 23.2 Å². The largest absolute Gasteiger partial charge is 0.508 e. The van der Waals surface area contributed by atoms with Crippen LogP contribution in [0, 0.1) is 5.92 Å². The van der Waals surface area contributed by atoms with Gasteiger partial charge in [0.2, 0.25) is 53.4 Å². The number of benzene rings is 5. The Morgan fingerprint density at radius 1 is 0.719 bits per heavy atom. The van der Waals surface area contributed by atoms with E-state index in [0.29, 0.717) is 0 Å². The number of hydrogen-bond donors (Lipinski definition) is 16. The molecule has 512 valence electrons. The second-order valence-corrected chi connectivity index (χ2v) is 26.1. The van der Waals surface area contributed by atoms with Crippen molar-refractivity contribution in [1.29, 1.82) is 0 Å². The molecule has 8 amide bonds. The molecule has 96 heavy (non-hydrogen) atoms. The summed E-state index contributed by atoms with van der Waals surface area (Å²) in [6.45, 7) is 11.3. The van der Waals surface area contributed by atoms with Crippen molar-refractivity contribution in [3.63, 3.8) is 0 Å². The minimum Gasteiger partial charge on any atom is -0.508 e. The molecule has 0 aromatic heterocycles. The summed E-state index contributed by atoms with van der Waals surface area (Å²) in [5, 5.41) is 96.2. The lowest BCUT2D eigenvalue weighted by Gasteiger charge is -2.42. The number of carboxylic acid groups (broad SMARTS) is 1. The molecular weight excluding hydrogens is 1300 g/mol. The molecule has 6 aliphatic rings. The predicted molar refractivity (Wildman–Crippen MR) is 337 cm³/mol. The molecule has 30 nitrogen and oxygen atoms in total. The molecule has 5 aromatic carbocycles. The van der Waals surface area contributed by atoms with Crippen LogP contribution in [-0.4, -0.2) is 143 Å². The summed E-state index contributed by atoms with van der Waals surface area (Å²) in [5.41, 5.74) is 7.34. The number of rotatable bonds is 10. The fourth-order valence-electron chi connectivity index (χ4n) is 11.4. The highest BCUT2D eigenvalue weighted by atomic mass is 35.5. The molecule has 6 heterocycles. The Bertz CT molecular complexity index is 3960. The van der Waals surface area contributed by atoms with Gasteiger partial charge in [0.1, 0.15) is 82.8 Å². The smallest absolute Gasteiger partial charge is 0.408 e. The summed E-state index contributed by atoms with van der Waals surface area (Å²) in [4.78, 5) is 130. The van der Waals surface area contributed by atoms with Crippen molar-refractivity contribution in [2.75, 3.05) is 0 Å². The lowest BCUT2D eigenvalue weighted by molar-refractivity contribution is -0.204. The van der Waals surface area contributed by atoms with Crippen molar-refractivity contribution in [2.45, 2.75) is 152 Å². The Labute approximate surface area is 557 Å². The van der Waals surface area contributed by atoms with Crippen LogP contribution in [0.3, 0.4) is 0 Å². The molecule has 0 spiro atoms. The molecule has 0 radical (unpaired) electrons. The van der Waals surface area contributed by atoms with Crippen molar-refractivity contribution in [3.8, 4) is 57.1 Å². The number of aromatic hydroxyl groups is 3. The third-order valence-corrected chi connectivity index (χ3v) is 16.6. The van der Waals surface area contributed by atoms with Gasteiger partial charge in [0, 0.05) is 34.7 Å². The van der Waals surface area contributed by atoms with Crippen LogP contribution in [-0.2, 0) is 47.8 Å². The third kappa shape index (κ3) is 15.7. The van der Waals surface area contributed by atoms with Crippen LogP contribution < -0.4 is 62.9 Å². The van der Waals surface area contributed by atoms with E-state index in [4.69, 9.17) is 58.4 Å². The number of primary amides is 1. The maximum absolute atomic E-state index is 15.9. The number of carboxylic acids is 1. The number of nitrogens with one attached hydrogen (secondary N) is 7. The third-order valence-electron chi connectivity index (χ3n) is 16.0. The zero-order valence-corrected chi connectivity index (χ0v) is 53.9. The number of halogens is 2. The first-order chi connectivity index (χ1) is 45.0. The maximum atomic E-state index is 15.9. The number of alkyl carbamates (subject to hydrolysis) is 1. The van der Waals surface area contributed by atoms with Crippen LogP contribution in [0.1, 0.15) is 126 Å². The molecule has 13 atom stereocenters. The summed E-state index contributed by atoms with van der Waals surface area (Å²) in [7, 11) is 0. The van der Waals surface area contributed by atoms with E-state index in [0.717, 1.165) is 54.6 Å².